The molecule has 2 aromatic carbocycles. The first-order valence-corrected chi connectivity index (χ1v) is 13.2. The lowest BCUT2D eigenvalue weighted by atomic mass is 10.1. The van der Waals surface area contributed by atoms with Gasteiger partial charge in [-0.15, -0.1) is 0 Å². The average molecular weight is 488 g/mol. The van der Waals surface area contributed by atoms with E-state index < -0.39 is 16.1 Å². The van der Waals surface area contributed by atoms with E-state index in [0.29, 0.717) is 31.8 Å². The molecule has 1 N–H and O–H groups in total. The molecule has 0 aromatic heterocycles. The van der Waals surface area contributed by atoms with Gasteiger partial charge in [0.1, 0.15) is 6.04 Å². The van der Waals surface area contributed by atoms with Crippen molar-refractivity contribution >= 4 is 21.8 Å². The van der Waals surface area contributed by atoms with Crippen LogP contribution in [0.3, 0.4) is 0 Å². The second-order valence-corrected chi connectivity index (χ2v) is 10.9. The number of carbonyl (C=O) groups excluding carboxylic acids is 2. The number of hydrogen-bond donors (Lipinski definition) is 1. The number of benzene rings is 2. The van der Waals surface area contributed by atoms with E-state index in [4.69, 9.17) is 0 Å². The van der Waals surface area contributed by atoms with E-state index in [-0.39, 0.29) is 29.7 Å². The van der Waals surface area contributed by atoms with Gasteiger partial charge in [0, 0.05) is 33.1 Å². The van der Waals surface area contributed by atoms with Crippen molar-refractivity contribution in [3.63, 3.8) is 0 Å². The predicted molar refractivity (Wildman–Crippen MR) is 135 cm³/mol. The molecule has 0 bridgehead atoms. The highest BCUT2D eigenvalue weighted by Gasteiger charge is 2.26. The summed E-state index contributed by atoms with van der Waals surface area (Å²) in [5.74, 6) is -0.0285. The monoisotopic (exact) mass is 487 g/mol. The number of nitrogens with zero attached hydrogens (tertiary/aromatic N) is 2. The van der Waals surface area contributed by atoms with Crippen LogP contribution in [-0.4, -0.2) is 62.2 Å². The lowest BCUT2D eigenvalue weighted by molar-refractivity contribution is -0.140. The van der Waals surface area contributed by atoms with E-state index >= 15 is 0 Å². The number of nitrogens with one attached hydrogen (secondary N) is 1. The number of sulfonamides is 1. The third kappa shape index (κ3) is 8.25. The first-order valence-electron chi connectivity index (χ1n) is 11.8. The molecule has 0 spiro atoms. The van der Waals surface area contributed by atoms with Crippen LogP contribution in [-0.2, 0) is 26.0 Å². The van der Waals surface area contributed by atoms with Crippen molar-refractivity contribution in [3.05, 3.63) is 66.2 Å². The SMILES string of the molecule is CC(C)CNC(=O)[C@H](C)N(CCc1ccccc1)C(=O)CCCN(C)S(=O)(=O)c1ccccc1. The lowest BCUT2D eigenvalue weighted by Crippen LogP contribution is -2.49. The summed E-state index contributed by atoms with van der Waals surface area (Å²) in [4.78, 5) is 27.6. The van der Waals surface area contributed by atoms with Gasteiger partial charge in [0.2, 0.25) is 21.8 Å². The topological polar surface area (TPSA) is 86.8 Å². The Hall–Kier alpha value is -2.71. The van der Waals surface area contributed by atoms with Crippen molar-refractivity contribution in [1.29, 1.82) is 0 Å². The van der Waals surface area contributed by atoms with Crippen molar-refractivity contribution < 1.29 is 18.0 Å². The predicted octanol–water partition coefficient (Wildman–Crippen LogP) is 3.32. The quantitative estimate of drug-likeness (QED) is 0.470. The Kier molecular flexibility index (Phi) is 10.7. The minimum Gasteiger partial charge on any atom is -0.354 e. The Morgan fingerprint density at radius 1 is 0.912 bits per heavy atom. The summed E-state index contributed by atoms with van der Waals surface area (Å²) >= 11 is 0. The summed E-state index contributed by atoms with van der Waals surface area (Å²) in [6.45, 7) is 6.95. The number of amides is 2. The maximum atomic E-state index is 13.1. The molecule has 2 amide bonds. The molecule has 0 radical (unpaired) electrons. The number of rotatable bonds is 13. The van der Waals surface area contributed by atoms with Gasteiger partial charge in [-0.25, -0.2) is 12.7 Å². The van der Waals surface area contributed by atoms with E-state index in [0.717, 1.165) is 5.56 Å². The normalized spacial score (nSPS) is 12.5. The molecule has 0 fully saturated rings. The van der Waals surface area contributed by atoms with Gasteiger partial charge in [-0.05, 0) is 43.4 Å². The molecule has 34 heavy (non-hydrogen) atoms. The fourth-order valence-corrected chi connectivity index (χ4v) is 4.74. The van der Waals surface area contributed by atoms with Crippen LogP contribution in [0.1, 0.15) is 39.2 Å². The number of carbonyl (C=O) groups is 2. The molecule has 0 aliphatic carbocycles. The van der Waals surface area contributed by atoms with Gasteiger partial charge in [-0.2, -0.15) is 0 Å². The highest BCUT2D eigenvalue weighted by atomic mass is 32.2. The Bertz CT molecular complexity index is 1010. The minimum atomic E-state index is -3.60. The van der Waals surface area contributed by atoms with Crippen LogP contribution in [0, 0.1) is 5.92 Å². The van der Waals surface area contributed by atoms with Gasteiger partial charge < -0.3 is 10.2 Å². The van der Waals surface area contributed by atoms with Gasteiger partial charge in [-0.3, -0.25) is 9.59 Å². The molecule has 0 aliphatic rings. The van der Waals surface area contributed by atoms with Crippen molar-refractivity contribution in [2.45, 2.75) is 51.0 Å². The maximum absolute atomic E-state index is 13.1. The van der Waals surface area contributed by atoms with Crippen LogP contribution in [0.2, 0.25) is 0 Å². The molecule has 0 saturated heterocycles. The van der Waals surface area contributed by atoms with Gasteiger partial charge >= 0.3 is 0 Å². The maximum Gasteiger partial charge on any atom is 0.242 e. The van der Waals surface area contributed by atoms with E-state index in [1.54, 1.807) is 42.2 Å². The second kappa shape index (κ2) is 13.2. The molecule has 0 aliphatic heterocycles. The molecule has 0 unspecified atom stereocenters. The van der Waals surface area contributed by atoms with E-state index in [2.05, 4.69) is 5.32 Å². The minimum absolute atomic E-state index is 0.158. The zero-order valence-corrected chi connectivity index (χ0v) is 21.4. The highest BCUT2D eigenvalue weighted by molar-refractivity contribution is 7.89. The molecular weight excluding hydrogens is 450 g/mol. The fourth-order valence-electron chi connectivity index (χ4n) is 3.51. The zero-order valence-electron chi connectivity index (χ0n) is 20.6. The average Bonchev–Trinajstić information content (AvgIpc) is 2.83. The van der Waals surface area contributed by atoms with Gasteiger partial charge in [0.05, 0.1) is 4.90 Å². The highest BCUT2D eigenvalue weighted by Crippen LogP contribution is 2.15. The Morgan fingerprint density at radius 2 is 1.50 bits per heavy atom. The van der Waals surface area contributed by atoms with Gasteiger partial charge in [0.15, 0.2) is 0 Å². The summed E-state index contributed by atoms with van der Waals surface area (Å²) < 4.78 is 26.7. The Labute approximate surface area is 204 Å². The molecule has 8 heteroatoms. The molecule has 7 nitrogen and oxygen atoms in total. The van der Waals surface area contributed by atoms with E-state index in [1.807, 2.05) is 44.2 Å². The Morgan fingerprint density at radius 3 is 2.09 bits per heavy atom. The van der Waals surface area contributed by atoms with Gasteiger partial charge in [0.25, 0.3) is 0 Å². The standard InChI is InChI=1S/C26H37N3O4S/c1-21(2)20-27-26(31)22(3)29(19-17-23-12-7-5-8-13-23)25(30)16-11-18-28(4)34(32,33)24-14-9-6-10-15-24/h5-10,12-15,21-22H,11,16-20H2,1-4H3,(H,27,31)/t22-/m0/s1. The van der Waals surface area contributed by atoms with Crippen LogP contribution in [0.15, 0.2) is 65.6 Å². The van der Waals surface area contributed by atoms with Crippen molar-refractivity contribution in [1.82, 2.24) is 14.5 Å². The van der Waals surface area contributed by atoms with Crippen LogP contribution < -0.4 is 5.32 Å². The summed E-state index contributed by atoms with van der Waals surface area (Å²) in [7, 11) is -2.09. The molecule has 0 saturated carbocycles. The molecular formula is C26H37N3O4S. The number of hydrogen-bond acceptors (Lipinski definition) is 4. The van der Waals surface area contributed by atoms with E-state index in [1.165, 1.54) is 11.4 Å². The second-order valence-electron chi connectivity index (χ2n) is 8.88. The van der Waals surface area contributed by atoms with Crippen LogP contribution in [0.4, 0.5) is 0 Å². The van der Waals surface area contributed by atoms with E-state index in [9.17, 15) is 18.0 Å². The first kappa shape index (κ1) is 27.5. The Balaban J connectivity index is 2.01. The van der Waals surface area contributed by atoms with Crippen molar-refractivity contribution in [2.75, 3.05) is 26.7 Å². The summed E-state index contributed by atoms with van der Waals surface area (Å²) in [6.07, 6.45) is 1.16. The largest absolute Gasteiger partial charge is 0.354 e. The lowest BCUT2D eigenvalue weighted by Gasteiger charge is -2.29. The zero-order chi connectivity index (χ0) is 25.1. The molecule has 1 atom stereocenters. The van der Waals surface area contributed by atoms with Crippen molar-refractivity contribution in [2.24, 2.45) is 5.92 Å². The fraction of sp³-hybridized carbons (Fsp3) is 0.462. The molecule has 2 rings (SSSR count). The first-order chi connectivity index (χ1) is 16.1. The summed E-state index contributed by atoms with van der Waals surface area (Å²) in [6, 6.07) is 17.5. The van der Waals surface area contributed by atoms with Crippen LogP contribution in [0.5, 0.6) is 0 Å². The molecule has 186 valence electrons. The van der Waals surface area contributed by atoms with Gasteiger partial charge in [-0.1, -0.05) is 62.4 Å². The van der Waals surface area contributed by atoms with Crippen molar-refractivity contribution in [3.8, 4) is 0 Å². The molecule has 0 heterocycles. The summed E-state index contributed by atoms with van der Waals surface area (Å²) in [5, 5.41) is 2.91. The molecule has 2 aromatic rings. The smallest absolute Gasteiger partial charge is 0.242 e. The third-order valence-electron chi connectivity index (χ3n) is 5.65. The third-order valence-corrected chi connectivity index (χ3v) is 7.52. The van der Waals surface area contributed by atoms with Crippen LogP contribution >= 0.6 is 0 Å². The summed E-state index contributed by atoms with van der Waals surface area (Å²) in [5.41, 5.74) is 1.09. The van der Waals surface area contributed by atoms with Crippen LogP contribution in [0.25, 0.3) is 0 Å².